The zero-order valence-electron chi connectivity index (χ0n) is 17.2. The zero-order chi connectivity index (χ0) is 20.5. The molecule has 0 atom stereocenters. The van der Waals surface area contributed by atoms with Gasteiger partial charge in [-0.25, -0.2) is 4.98 Å². The van der Waals surface area contributed by atoms with E-state index in [0.29, 0.717) is 17.1 Å². The van der Waals surface area contributed by atoms with Gasteiger partial charge in [-0.1, -0.05) is 20.8 Å². The maximum absolute atomic E-state index is 12.7. The number of hydrogen-bond donors (Lipinski definition) is 0. The Hall–Kier alpha value is -3.35. The van der Waals surface area contributed by atoms with Crippen LogP contribution in [-0.4, -0.2) is 23.7 Å². The quantitative estimate of drug-likeness (QED) is 0.493. The van der Waals surface area contributed by atoms with Crippen molar-refractivity contribution < 1.29 is 4.74 Å². The third-order valence-corrected chi connectivity index (χ3v) is 4.96. The molecule has 4 aromatic rings. The Morgan fingerprint density at radius 1 is 1.14 bits per heavy atom. The lowest BCUT2D eigenvalue weighted by Crippen LogP contribution is -2.20. The van der Waals surface area contributed by atoms with Crippen molar-refractivity contribution in [2.45, 2.75) is 39.7 Å². The van der Waals surface area contributed by atoms with E-state index in [9.17, 15) is 4.79 Å². The highest BCUT2D eigenvalue weighted by atomic mass is 16.5. The van der Waals surface area contributed by atoms with Gasteiger partial charge in [-0.2, -0.15) is 5.10 Å². The summed E-state index contributed by atoms with van der Waals surface area (Å²) in [5.74, 6) is 2.16. The van der Waals surface area contributed by atoms with Crippen molar-refractivity contribution in [3.8, 4) is 22.9 Å². The van der Waals surface area contributed by atoms with Crippen LogP contribution in [0.3, 0.4) is 0 Å². The molecule has 0 saturated heterocycles. The minimum Gasteiger partial charge on any atom is -0.439 e. The molecule has 3 aromatic heterocycles. The smallest absolute Gasteiger partial charge is 0.279 e. The van der Waals surface area contributed by atoms with E-state index in [-0.39, 0.29) is 11.5 Å². The molecule has 0 amide bonds. The fraction of sp³-hybridized carbons (Fsp3) is 0.318. The molecule has 1 aromatic carbocycles. The first-order valence-electron chi connectivity index (χ1n) is 9.86. The van der Waals surface area contributed by atoms with E-state index in [2.05, 4.69) is 30.9 Å². The molecular weight excluding hydrogens is 366 g/mol. The molecular formula is C22H25N5O2. The Balaban J connectivity index is 1.66. The Morgan fingerprint density at radius 2 is 1.90 bits per heavy atom. The van der Waals surface area contributed by atoms with Crippen molar-refractivity contribution in [2.75, 3.05) is 0 Å². The highest BCUT2D eigenvalue weighted by Crippen LogP contribution is 2.26. The molecule has 0 N–H and O–H groups in total. The SMILES string of the molecule is CCCn1nccc1-c1ccc(Oc2cn3c(C(C)C)ncc3c(=O)n2C)cc1. The summed E-state index contributed by atoms with van der Waals surface area (Å²) < 4.78 is 11.4. The number of aromatic nitrogens is 5. The lowest BCUT2D eigenvalue weighted by Gasteiger charge is -2.13. The number of fused-ring (bicyclic) bond motifs is 1. The van der Waals surface area contributed by atoms with Crippen molar-refractivity contribution in [1.29, 1.82) is 0 Å². The molecule has 0 fully saturated rings. The summed E-state index contributed by atoms with van der Waals surface area (Å²) >= 11 is 0. The van der Waals surface area contributed by atoms with Crippen molar-refractivity contribution in [1.82, 2.24) is 23.7 Å². The molecule has 7 nitrogen and oxygen atoms in total. The number of benzene rings is 1. The van der Waals surface area contributed by atoms with Crippen LogP contribution in [0.4, 0.5) is 0 Å². The predicted octanol–water partition coefficient (Wildman–Crippen LogP) is 4.22. The summed E-state index contributed by atoms with van der Waals surface area (Å²) in [6, 6.07) is 9.84. The molecule has 0 bridgehead atoms. The Labute approximate surface area is 169 Å². The standard InChI is InChI=1S/C22H25N5O2/c1-5-12-27-18(10-11-24-27)16-6-8-17(9-7-16)29-20-14-26-19(22(28)25(20)4)13-23-21(26)15(2)3/h6-11,13-15H,5,12H2,1-4H3. The maximum atomic E-state index is 12.7. The van der Waals surface area contributed by atoms with Gasteiger partial charge in [0.15, 0.2) is 0 Å². The van der Waals surface area contributed by atoms with E-state index >= 15 is 0 Å². The van der Waals surface area contributed by atoms with Crippen molar-refractivity contribution >= 4 is 5.52 Å². The first kappa shape index (κ1) is 19.0. The van der Waals surface area contributed by atoms with Gasteiger partial charge in [0.25, 0.3) is 5.56 Å². The summed E-state index contributed by atoms with van der Waals surface area (Å²) in [6.07, 6.45) is 6.29. The molecule has 29 heavy (non-hydrogen) atoms. The second-order valence-corrected chi connectivity index (χ2v) is 7.42. The molecule has 0 aliphatic rings. The fourth-order valence-corrected chi connectivity index (χ4v) is 3.44. The fourth-order valence-electron chi connectivity index (χ4n) is 3.44. The topological polar surface area (TPSA) is 66.3 Å². The van der Waals surface area contributed by atoms with Crippen LogP contribution in [0.25, 0.3) is 16.8 Å². The van der Waals surface area contributed by atoms with E-state index < -0.39 is 0 Å². The lowest BCUT2D eigenvalue weighted by atomic mass is 10.1. The van der Waals surface area contributed by atoms with Gasteiger partial charge in [-0.15, -0.1) is 0 Å². The zero-order valence-corrected chi connectivity index (χ0v) is 17.2. The highest BCUT2D eigenvalue weighted by Gasteiger charge is 2.15. The van der Waals surface area contributed by atoms with Crippen molar-refractivity contribution in [3.63, 3.8) is 0 Å². The summed E-state index contributed by atoms with van der Waals surface area (Å²) in [4.78, 5) is 17.1. The Morgan fingerprint density at radius 3 is 2.59 bits per heavy atom. The van der Waals surface area contributed by atoms with Crippen LogP contribution >= 0.6 is 0 Å². The molecule has 4 rings (SSSR count). The third kappa shape index (κ3) is 3.44. The Bertz CT molecular complexity index is 1200. The van der Waals surface area contributed by atoms with Crippen molar-refractivity contribution in [3.05, 3.63) is 65.1 Å². The number of rotatable bonds is 6. The second-order valence-electron chi connectivity index (χ2n) is 7.42. The summed E-state index contributed by atoms with van der Waals surface area (Å²) in [5.41, 5.74) is 2.56. The van der Waals surface area contributed by atoms with Crippen molar-refractivity contribution in [2.24, 2.45) is 7.05 Å². The molecule has 0 aliphatic heterocycles. The largest absolute Gasteiger partial charge is 0.439 e. The monoisotopic (exact) mass is 391 g/mol. The van der Waals surface area contributed by atoms with Crippen LogP contribution in [0.5, 0.6) is 11.6 Å². The van der Waals surface area contributed by atoms with Gasteiger partial charge in [0.2, 0.25) is 5.88 Å². The van der Waals surface area contributed by atoms with Gasteiger partial charge < -0.3 is 4.74 Å². The van der Waals surface area contributed by atoms with Gasteiger partial charge in [-0.3, -0.25) is 18.4 Å². The van der Waals surface area contributed by atoms with Crippen LogP contribution in [0.2, 0.25) is 0 Å². The predicted molar refractivity (Wildman–Crippen MR) is 113 cm³/mol. The number of ether oxygens (including phenoxy) is 1. The van der Waals surface area contributed by atoms with E-state index in [0.717, 1.165) is 30.0 Å². The van der Waals surface area contributed by atoms with Crippen LogP contribution in [0.15, 0.2) is 53.7 Å². The first-order valence-corrected chi connectivity index (χ1v) is 9.86. The van der Waals surface area contributed by atoms with Gasteiger partial charge in [0.1, 0.15) is 17.1 Å². The molecule has 0 radical (unpaired) electrons. The van der Waals surface area contributed by atoms with Gasteiger partial charge in [-0.05, 0) is 36.8 Å². The highest BCUT2D eigenvalue weighted by molar-refractivity contribution is 5.60. The average molecular weight is 391 g/mol. The van der Waals surface area contributed by atoms with E-state index in [1.165, 1.54) is 4.57 Å². The summed E-state index contributed by atoms with van der Waals surface area (Å²) in [6.45, 7) is 7.11. The van der Waals surface area contributed by atoms with Crippen LogP contribution in [0, 0.1) is 0 Å². The second kappa shape index (κ2) is 7.58. The normalized spacial score (nSPS) is 11.5. The van der Waals surface area contributed by atoms with Crippen LogP contribution < -0.4 is 10.3 Å². The summed E-state index contributed by atoms with van der Waals surface area (Å²) in [5, 5.41) is 4.38. The molecule has 0 spiro atoms. The Kier molecular flexibility index (Phi) is 4.96. The summed E-state index contributed by atoms with van der Waals surface area (Å²) in [7, 11) is 1.71. The number of hydrogen-bond acceptors (Lipinski definition) is 4. The van der Waals surface area contributed by atoms with E-state index in [1.807, 2.05) is 51.8 Å². The van der Waals surface area contributed by atoms with Crippen LogP contribution in [0.1, 0.15) is 38.9 Å². The molecule has 3 heterocycles. The number of aryl methyl sites for hydroxylation is 1. The van der Waals surface area contributed by atoms with Gasteiger partial charge in [0.05, 0.1) is 18.1 Å². The third-order valence-electron chi connectivity index (χ3n) is 4.96. The molecule has 7 heteroatoms. The molecule has 0 saturated carbocycles. The molecule has 0 aliphatic carbocycles. The molecule has 150 valence electrons. The van der Waals surface area contributed by atoms with Crippen LogP contribution in [-0.2, 0) is 13.6 Å². The number of imidazole rings is 1. The minimum absolute atomic E-state index is 0.137. The van der Waals surface area contributed by atoms with Gasteiger partial charge in [0, 0.05) is 31.3 Å². The van der Waals surface area contributed by atoms with E-state index in [4.69, 9.17) is 4.74 Å². The lowest BCUT2D eigenvalue weighted by molar-refractivity contribution is 0.430. The van der Waals surface area contributed by atoms with Gasteiger partial charge >= 0.3 is 0 Å². The number of nitrogens with zero attached hydrogens (tertiary/aromatic N) is 5. The average Bonchev–Trinajstić information content (AvgIpc) is 3.34. The first-order chi connectivity index (χ1) is 14.0. The van der Waals surface area contributed by atoms with E-state index in [1.54, 1.807) is 13.2 Å². The maximum Gasteiger partial charge on any atom is 0.279 e. The molecule has 0 unspecified atom stereocenters. The minimum atomic E-state index is -0.137.